The van der Waals surface area contributed by atoms with Crippen molar-refractivity contribution in [3.05, 3.63) is 58.2 Å². The molecule has 1 saturated heterocycles. The molecular weight excluding hydrogens is 460 g/mol. The molecule has 5 rings (SSSR count). The topological polar surface area (TPSA) is 61.7 Å². The van der Waals surface area contributed by atoms with Crippen molar-refractivity contribution in [2.75, 3.05) is 26.6 Å². The van der Waals surface area contributed by atoms with E-state index in [1.807, 2.05) is 31.2 Å². The zero-order valence-corrected chi connectivity index (χ0v) is 19.0. The number of hydrogen-bond donors (Lipinski definition) is 1. The van der Waals surface area contributed by atoms with Crippen molar-refractivity contribution in [2.45, 2.75) is 31.7 Å². The minimum absolute atomic E-state index is 0.00274. The van der Waals surface area contributed by atoms with Gasteiger partial charge in [0.2, 0.25) is 12.7 Å². The second-order valence-electron chi connectivity index (χ2n) is 8.24. The molecule has 1 aromatic heterocycles. The summed E-state index contributed by atoms with van der Waals surface area (Å²) in [5.74, 6) is 1.55. The summed E-state index contributed by atoms with van der Waals surface area (Å²) in [5.41, 5.74) is 3.08. The molecule has 6 nitrogen and oxygen atoms in total. The van der Waals surface area contributed by atoms with Gasteiger partial charge < -0.3 is 24.1 Å². The fourth-order valence-corrected chi connectivity index (χ4v) is 5.17. The molecule has 0 radical (unpaired) electrons. The lowest BCUT2D eigenvalue weighted by Crippen LogP contribution is -2.45. The smallest absolute Gasteiger partial charge is 0.239 e. The summed E-state index contributed by atoms with van der Waals surface area (Å²) in [4.78, 5) is 13.0. The van der Waals surface area contributed by atoms with E-state index in [2.05, 4.69) is 44.0 Å². The normalized spacial score (nSPS) is 17.1. The molecule has 1 N–H and O–H groups in total. The van der Waals surface area contributed by atoms with Crippen LogP contribution in [0.1, 0.15) is 24.1 Å². The first-order valence-corrected chi connectivity index (χ1v) is 11.3. The fraction of sp³-hybridized carbons (Fsp3) is 0.375. The second-order valence-corrected chi connectivity index (χ2v) is 9.03. The van der Waals surface area contributed by atoms with Crippen molar-refractivity contribution in [3.8, 4) is 11.5 Å². The third-order valence-corrected chi connectivity index (χ3v) is 7.52. The van der Waals surface area contributed by atoms with Crippen molar-refractivity contribution >= 4 is 32.7 Å². The molecule has 0 spiro atoms. The van der Waals surface area contributed by atoms with Gasteiger partial charge in [0.15, 0.2) is 11.5 Å². The zero-order chi connectivity index (χ0) is 21.4. The molecule has 0 saturated carbocycles. The van der Waals surface area contributed by atoms with Crippen molar-refractivity contribution in [2.24, 2.45) is 0 Å². The van der Waals surface area contributed by atoms with Gasteiger partial charge in [0.25, 0.3) is 0 Å². The number of aromatic nitrogens is 1. The number of carbonyl (C=O) groups is 1. The lowest BCUT2D eigenvalue weighted by atomic mass is 9.74. The Morgan fingerprint density at radius 2 is 1.90 bits per heavy atom. The van der Waals surface area contributed by atoms with Crippen LogP contribution in [-0.4, -0.2) is 37.0 Å². The summed E-state index contributed by atoms with van der Waals surface area (Å²) in [7, 11) is 0. The van der Waals surface area contributed by atoms with Crippen LogP contribution in [-0.2, 0) is 21.5 Å². The van der Waals surface area contributed by atoms with E-state index in [1.54, 1.807) is 0 Å². The number of carbonyl (C=O) groups excluding carboxylic acids is 1. The van der Waals surface area contributed by atoms with Crippen LogP contribution in [0.15, 0.2) is 46.9 Å². The molecule has 2 aliphatic heterocycles. The Morgan fingerprint density at radius 3 is 2.74 bits per heavy atom. The molecule has 3 aromatic rings. The molecule has 162 valence electrons. The number of para-hydroxylation sites is 1. The van der Waals surface area contributed by atoms with Crippen LogP contribution in [0.4, 0.5) is 0 Å². The van der Waals surface area contributed by atoms with Crippen LogP contribution in [0, 0.1) is 6.92 Å². The van der Waals surface area contributed by atoms with Crippen molar-refractivity contribution < 1.29 is 19.0 Å². The maximum atomic E-state index is 13.0. The van der Waals surface area contributed by atoms with Crippen molar-refractivity contribution in [1.29, 1.82) is 0 Å². The third kappa shape index (κ3) is 3.70. The van der Waals surface area contributed by atoms with Crippen molar-refractivity contribution in [3.63, 3.8) is 0 Å². The average Bonchev–Trinajstić information content (AvgIpc) is 3.37. The largest absolute Gasteiger partial charge is 0.454 e. The van der Waals surface area contributed by atoms with Gasteiger partial charge in [-0.25, -0.2) is 0 Å². The van der Waals surface area contributed by atoms with E-state index in [0.717, 1.165) is 51.0 Å². The summed E-state index contributed by atoms with van der Waals surface area (Å²) in [6.45, 7) is 4.49. The molecule has 0 atom stereocenters. The molecular formula is C24H25BrN2O4. The number of benzene rings is 2. The maximum Gasteiger partial charge on any atom is 0.239 e. The van der Waals surface area contributed by atoms with Gasteiger partial charge in [-0.1, -0.05) is 24.3 Å². The van der Waals surface area contributed by atoms with E-state index in [-0.39, 0.29) is 24.7 Å². The van der Waals surface area contributed by atoms with Crippen LogP contribution in [0.2, 0.25) is 0 Å². The van der Waals surface area contributed by atoms with Crippen LogP contribution >= 0.6 is 15.9 Å². The highest BCUT2D eigenvalue weighted by Gasteiger charge is 2.36. The number of hydrogen-bond acceptors (Lipinski definition) is 4. The highest BCUT2D eigenvalue weighted by atomic mass is 79.9. The number of nitrogens with zero attached hydrogens (tertiary/aromatic N) is 1. The Morgan fingerprint density at radius 1 is 1.13 bits per heavy atom. The Kier molecular flexibility index (Phi) is 5.40. The summed E-state index contributed by atoms with van der Waals surface area (Å²) in [5, 5.41) is 4.33. The lowest BCUT2D eigenvalue weighted by Gasteiger charge is -2.38. The summed E-state index contributed by atoms with van der Waals surface area (Å²) < 4.78 is 19.8. The Hall–Kier alpha value is -2.51. The number of nitrogens with one attached hydrogen (secondary N) is 1. The van der Waals surface area contributed by atoms with E-state index in [4.69, 9.17) is 14.2 Å². The monoisotopic (exact) mass is 484 g/mol. The molecule has 0 bridgehead atoms. The molecule has 0 unspecified atom stereocenters. The molecule has 7 heteroatoms. The van der Waals surface area contributed by atoms with E-state index >= 15 is 0 Å². The summed E-state index contributed by atoms with van der Waals surface area (Å²) >= 11 is 3.67. The van der Waals surface area contributed by atoms with E-state index in [1.165, 1.54) is 0 Å². The number of amides is 1. The van der Waals surface area contributed by atoms with E-state index < -0.39 is 0 Å². The lowest BCUT2D eigenvalue weighted by molar-refractivity contribution is -0.122. The van der Waals surface area contributed by atoms with Gasteiger partial charge in [0.1, 0.15) is 6.54 Å². The van der Waals surface area contributed by atoms with Crippen molar-refractivity contribution in [1.82, 2.24) is 9.88 Å². The molecule has 2 aromatic carbocycles. The highest BCUT2D eigenvalue weighted by molar-refractivity contribution is 9.10. The average molecular weight is 485 g/mol. The number of halogens is 1. The maximum absolute atomic E-state index is 13.0. The van der Waals surface area contributed by atoms with E-state index in [0.29, 0.717) is 19.8 Å². The first-order chi connectivity index (χ1) is 15.1. The highest BCUT2D eigenvalue weighted by Crippen LogP contribution is 2.40. The Labute approximate surface area is 189 Å². The molecule has 0 aliphatic carbocycles. The standard InChI is InChI=1S/C24H25BrN2O4/c1-16-23(25)18-4-2-3-5-19(18)27(16)13-22(28)26-14-24(8-10-29-11-9-24)17-6-7-20-21(12-17)31-15-30-20/h2-7,12H,8-11,13-15H2,1H3,(H,26,28). The quantitative estimate of drug-likeness (QED) is 0.586. The molecule has 2 aliphatic rings. The van der Waals surface area contributed by atoms with Gasteiger partial charge in [-0.15, -0.1) is 0 Å². The second kappa shape index (κ2) is 8.20. The SMILES string of the molecule is Cc1c(Br)c2ccccc2n1CC(=O)NCC1(c2ccc3c(c2)OCO3)CCOCC1. The molecule has 3 heterocycles. The van der Waals surface area contributed by atoms with Gasteiger partial charge in [0, 0.05) is 46.2 Å². The Bertz CT molecular complexity index is 1130. The van der Waals surface area contributed by atoms with Crippen LogP contribution in [0.25, 0.3) is 10.9 Å². The zero-order valence-electron chi connectivity index (χ0n) is 17.4. The predicted molar refractivity (Wildman–Crippen MR) is 122 cm³/mol. The minimum Gasteiger partial charge on any atom is -0.454 e. The molecule has 31 heavy (non-hydrogen) atoms. The molecule has 1 amide bonds. The minimum atomic E-state index is -0.177. The van der Waals surface area contributed by atoms with Gasteiger partial charge in [0.05, 0.1) is 0 Å². The van der Waals surface area contributed by atoms with Crippen LogP contribution in [0.3, 0.4) is 0 Å². The molecule has 1 fully saturated rings. The number of fused-ring (bicyclic) bond motifs is 2. The Balaban J connectivity index is 1.36. The van der Waals surface area contributed by atoms with Crippen LogP contribution < -0.4 is 14.8 Å². The van der Waals surface area contributed by atoms with Gasteiger partial charge in [-0.2, -0.15) is 0 Å². The first kappa shape index (κ1) is 20.4. The first-order valence-electron chi connectivity index (χ1n) is 10.6. The van der Waals surface area contributed by atoms with Crippen LogP contribution in [0.5, 0.6) is 11.5 Å². The number of ether oxygens (including phenoxy) is 3. The van der Waals surface area contributed by atoms with Gasteiger partial charge >= 0.3 is 0 Å². The van der Waals surface area contributed by atoms with Gasteiger partial charge in [-0.05, 0) is 59.5 Å². The predicted octanol–water partition coefficient (Wildman–Crippen LogP) is 4.31. The van der Waals surface area contributed by atoms with E-state index in [9.17, 15) is 4.79 Å². The number of rotatable bonds is 5. The van der Waals surface area contributed by atoms with Gasteiger partial charge in [-0.3, -0.25) is 4.79 Å². The fourth-order valence-electron chi connectivity index (χ4n) is 4.62. The third-order valence-electron chi connectivity index (χ3n) is 6.51. The summed E-state index contributed by atoms with van der Waals surface area (Å²) in [6.07, 6.45) is 1.70. The summed E-state index contributed by atoms with van der Waals surface area (Å²) in [6, 6.07) is 14.2.